The zero-order valence-electron chi connectivity index (χ0n) is 16.0. The molecule has 2 aromatic carbocycles. The van der Waals surface area contributed by atoms with Crippen LogP contribution in [0.2, 0.25) is 0 Å². The summed E-state index contributed by atoms with van der Waals surface area (Å²) >= 11 is 0. The van der Waals surface area contributed by atoms with Crippen LogP contribution in [-0.2, 0) is 19.5 Å². The zero-order chi connectivity index (χ0) is 18.1. The third-order valence-electron chi connectivity index (χ3n) is 4.46. The van der Waals surface area contributed by atoms with E-state index >= 15 is 0 Å². The highest BCUT2D eigenvalue weighted by Crippen LogP contribution is 2.14. The number of rotatable bonds is 8. The maximum Gasteiger partial charge on any atom is 0.193 e. The van der Waals surface area contributed by atoms with Crippen molar-refractivity contribution in [2.24, 2.45) is 10.7 Å². The van der Waals surface area contributed by atoms with Gasteiger partial charge in [0, 0.05) is 12.2 Å². The fourth-order valence-electron chi connectivity index (χ4n) is 2.74. The third-order valence-corrected chi connectivity index (χ3v) is 4.46. The summed E-state index contributed by atoms with van der Waals surface area (Å²) in [6.45, 7) is 10.2. The molecule has 2 rings (SSSR count). The van der Waals surface area contributed by atoms with Crippen LogP contribution in [0.3, 0.4) is 0 Å². The number of nitrogens with two attached hydrogens (primary N) is 1. The van der Waals surface area contributed by atoms with Gasteiger partial charge in [-0.2, -0.15) is 0 Å². The molecule has 4 nitrogen and oxygen atoms in total. The number of hydrogen-bond acceptors (Lipinski definition) is 2. The lowest BCUT2D eigenvalue weighted by Crippen LogP contribution is -2.24. The van der Waals surface area contributed by atoms with Crippen molar-refractivity contribution < 1.29 is 0 Å². The van der Waals surface area contributed by atoms with Crippen LogP contribution < -0.4 is 11.1 Å². The highest BCUT2D eigenvalue weighted by Gasteiger charge is 2.06. The maximum atomic E-state index is 6.06. The Morgan fingerprint density at radius 3 is 2.15 bits per heavy atom. The molecule has 0 aliphatic rings. The second-order valence-corrected chi connectivity index (χ2v) is 6.11. The van der Waals surface area contributed by atoms with E-state index in [-0.39, 0.29) is 24.0 Å². The van der Waals surface area contributed by atoms with Crippen LogP contribution in [0.1, 0.15) is 37.5 Å². The zero-order valence-corrected chi connectivity index (χ0v) is 18.4. The average Bonchev–Trinajstić information content (AvgIpc) is 2.65. The molecule has 26 heavy (non-hydrogen) atoms. The molecule has 0 bridgehead atoms. The van der Waals surface area contributed by atoms with Gasteiger partial charge in [0.2, 0.25) is 0 Å². The predicted octanol–water partition coefficient (Wildman–Crippen LogP) is 4.64. The summed E-state index contributed by atoms with van der Waals surface area (Å²) in [6, 6.07) is 16.7. The molecule has 0 heterocycles. The lowest BCUT2D eigenvalue weighted by molar-refractivity contribution is 0.295. The summed E-state index contributed by atoms with van der Waals surface area (Å²) in [5.74, 6) is 0.446. The van der Waals surface area contributed by atoms with Crippen LogP contribution in [0.5, 0.6) is 0 Å². The van der Waals surface area contributed by atoms with Crippen molar-refractivity contribution in [3.63, 3.8) is 0 Å². The summed E-state index contributed by atoms with van der Waals surface area (Å²) in [6.07, 6.45) is 1.03. The number of aryl methyl sites for hydroxylation is 1. The van der Waals surface area contributed by atoms with Crippen molar-refractivity contribution in [2.45, 2.75) is 40.3 Å². The first-order valence-corrected chi connectivity index (χ1v) is 9.11. The van der Waals surface area contributed by atoms with Crippen LogP contribution in [-0.4, -0.2) is 23.9 Å². The van der Waals surface area contributed by atoms with Gasteiger partial charge in [0.15, 0.2) is 5.96 Å². The predicted molar refractivity (Wildman–Crippen MR) is 123 cm³/mol. The Labute approximate surface area is 174 Å². The average molecular weight is 466 g/mol. The maximum absolute atomic E-state index is 6.06. The molecule has 0 spiro atoms. The van der Waals surface area contributed by atoms with Gasteiger partial charge in [0.25, 0.3) is 0 Å². The van der Waals surface area contributed by atoms with Crippen molar-refractivity contribution in [3.8, 4) is 0 Å². The standard InChI is InChI=1S/C21H30N4.HI/c1-4-17-11-13-20(14-12-17)24-21(22)23-15-18-9-7-8-10-19(18)16-25(5-2)6-3;/h7-14H,4-6,15-16H2,1-3H3,(H3,22,23,24);1H. The number of hydrogen-bond donors (Lipinski definition) is 2. The summed E-state index contributed by atoms with van der Waals surface area (Å²) in [7, 11) is 0. The summed E-state index contributed by atoms with van der Waals surface area (Å²) in [5.41, 5.74) is 10.9. The smallest absolute Gasteiger partial charge is 0.193 e. The largest absolute Gasteiger partial charge is 0.370 e. The SMILES string of the molecule is CCc1ccc(NC(N)=NCc2ccccc2CN(CC)CC)cc1.I. The quantitative estimate of drug-likeness (QED) is 0.339. The minimum absolute atomic E-state index is 0. The van der Waals surface area contributed by atoms with Crippen LogP contribution in [0.25, 0.3) is 0 Å². The molecule has 5 heteroatoms. The Morgan fingerprint density at radius 2 is 1.58 bits per heavy atom. The first-order chi connectivity index (χ1) is 12.2. The fraction of sp³-hybridized carbons (Fsp3) is 0.381. The van der Waals surface area contributed by atoms with E-state index < -0.39 is 0 Å². The highest BCUT2D eigenvalue weighted by molar-refractivity contribution is 14.0. The monoisotopic (exact) mass is 466 g/mol. The topological polar surface area (TPSA) is 53.6 Å². The van der Waals surface area contributed by atoms with E-state index in [1.807, 2.05) is 12.1 Å². The molecule has 0 amide bonds. The lowest BCUT2D eigenvalue weighted by atomic mass is 10.1. The second-order valence-electron chi connectivity index (χ2n) is 6.11. The molecule has 0 aliphatic heterocycles. The number of guanidine groups is 1. The highest BCUT2D eigenvalue weighted by atomic mass is 127. The van der Waals surface area contributed by atoms with E-state index in [2.05, 4.69) is 72.4 Å². The van der Waals surface area contributed by atoms with Crippen molar-refractivity contribution in [3.05, 3.63) is 65.2 Å². The van der Waals surface area contributed by atoms with Gasteiger partial charge in [-0.25, -0.2) is 4.99 Å². The van der Waals surface area contributed by atoms with Crippen LogP contribution in [0.15, 0.2) is 53.5 Å². The van der Waals surface area contributed by atoms with E-state index in [1.165, 1.54) is 16.7 Å². The molecule has 3 N–H and O–H groups in total. The van der Waals surface area contributed by atoms with E-state index in [9.17, 15) is 0 Å². The summed E-state index contributed by atoms with van der Waals surface area (Å²) in [5, 5.41) is 3.16. The minimum atomic E-state index is 0. The molecule has 0 fully saturated rings. The Morgan fingerprint density at radius 1 is 0.962 bits per heavy atom. The molecule has 2 aromatic rings. The lowest BCUT2D eigenvalue weighted by Gasteiger charge is -2.19. The Kier molecular flexibility index (Phi) is 10.3. The van der Waals surface area contributed by atoms with Crippen molar-refractivity contribution >= 4 is 35.6 Å². The normalized spacial score (nSPS) is 11.3. The van der Waals surface area contributed by atoms with Gasteiger partial charge in [-0.05, 0) is 48.3 Å². The number of aliphatic imine (C=N–C) groups is 1. The first kappa shape index (κ1) is 22.4. The second kappa shape index (κ2) is 11.9. The molecular formula is C21H31IN4. The molecule has 142 valence electrons. The first-order valence-electron chi connectivity index (χ1n) is 9.11. The van der Waals surface area contributed by atoms with E-state index in [0.29, 0.717) is 12.5 Å². The van der Waals surface area contributed by atoms with Crippen molar-refractivity contribution in [1.82, 2.24) is 4.90 Å². The van der Waals surface area contributed by atoms with Crippen molar-refractivity contribution in [1.29, 1.82) is 0 Å². The molecular weight excluding hydrogens is 435 g/mol. The van der Waals surface area contributed by atoms with Gasteiger partial charge in [-0.3, -0.25) is 4.90 Å². The molecule has 0 radical (unpaired) electrons. The number of nitrogens with one attached hydrogen (secondary N) is 1. The van der Waals surface area contributed by atoms with Gasteiger partial charge >= 0.3 is 0 Å². The van der Waals surface area contributed by atoms with Gasteiger partial charge in [-0.1, -0.05) is 57.2 Å². The van der Waals surface area contributed by atoms with Gasteiger partial charge in [0.05, 0.1) is 6.54 Å². The number of benzene rings is 2. The molecule has 0 saturated heterocycles. The molecule has 0 unspecified atom stereocenters. The molecule has 0 atom stereocenters. The van der Waals surface area contributed by atoms with Gasteiger partial charge in [-0.15, -0.1) is 24.0 Å². The molecule has 0 saturated carbocycles. The van der Waals surface area contributed by atoms with Crippen LogP contribution in [0, 0.1) is 0 Å². The third kappa shape index (κ3) is 6.96. The number of halogens is 1. The van der Waals surface area contributed by atoms with Gasteiger partial charge < -0.3 is 11.1 Å². The van der Waals surface area contributed by atoms with E-state index in [1.54, 1.807) is 0 Å². The van der Waals surface area contributed by atoms with Crippen LogP contribution in [0.4, 0.5) is 5.69 Å². The molecule has 0 aliphatic carbocycles. The molecule has 0 aromatic heterocycles. The van der Waals surface area contributed by atoms with E-state index in [4.69, 9.17) is 5.73 Å². The Bertz CT molecular complexity index is 679. The Balaban J connectivity index is 0.00000338. The van der Waals surface area contributed by atoms with E-state index in [0.717, 1.165) is 31.7 Å². The summed E-state index contributed by atoms with van der Waals surface area (Å²) in [4.78, 5) is 6.92. The number of nitrogens with zero attached hydrogens (tertiary/aromatic N) is 2. The fourth-order valence-corrected chi connectivity index (χ4v) is 2.74. The van der Waals surface area contributed by atoms with Crippen LogP contribution >= 0.6 is 24.0 Å². The van der Waals surface area contributed by atoms with Gasteiger partial charge in [0.1, 0.15) is 0 Å². The minimum Gasteiger partial charge on any atom is -0.370 e. The number of anilines is 1. The van der Waals surface area contributed by atoms with Crippen molar-refractivity contribution in [2.75, 3.05) is 18.4 Å². The summed E-state index contributed by atoms with van der Waals surface area (Å²) < 4.78 is 0. The Hall–Kier alpha value is -1.60.